The number of hydrogen-bond acceptors (Lipinski definition) is 3. The minimum Gasteiger partial charge on any atom is -0.378 e. The molecule has 0 saturated heterocycles. The molecule has 3 aromatic rings. The Balaban J connectivity index is 1.87. The Bertz CT molecular complexity index is 703. The second kappa shape index (κ2) is 5.02. The van der Waals surface area contributed by atoms with Gasteiger partial charge in [0.2, 0.25) is 0 Å². The van der Waals surface area contributed by atoms with E-state index in [1.807, 2.05) is 5.51 Å². The van der Waals surface area contributed by atoms with Crippen LogP contribution in [-0.4, -0.2) is 4.98 Å². The highest BCUT2D eigenvalue weighted by Crippen LogP contribution is 2.26. The molecule has 1 aromatic heterocycles. The molecule has 0 fully saturated rings. The lowest BCUT2D eigenvalue weighted by Gasteiger charge is -2.15. The number of benzene rings is 2. The second-order valence-electron chi connectivity index (χ2n) is 4.73. The number of fused-ring (bicyclic) bond motifs is 1. The number of aryl methyl sites for hydroxylation is 1. The summed E-state index contributed by atoms with van der Waals surface area (Å²) in [4.78, 5) is 5.61. The van der Waals surface area contributed by atoms with Gasteiger partial charge in [-0.25, -0.2) is 4.98 Å². The number of nitrogens with one attached hydrogen (secondary N) is 1. The van der Waals surface area contributed by atoms with Crippen LogP contribution in [0.1, 0.15) is 23.5 Å². The summed E-state index contributed by atoms with van der Waals surface area (Å²) in [5.74, 6) is 0. The van der Waals surface area contributed by atoms with Crippen LogP contribution < -0.4 is 5.32 Å². The van der Waals surface area contributed by atoms with Gasteiger partial charge < -0.3 is 5.32 Å². The Morgan fingerprint density at radius 3 is 2.63 bits per heavy atom. The summed E-state index contributed by atoms with van der Waals surface area (Å²) in [6.07, 6.45) is 0. The molecule has 0 aliphatic carbocycles. The molecule has 0 aliphatic heterocycles. The Morgan fingerprint density at radius 1 is 1.11 bits per heavy atom. The van der Waals surface area contributed by atoms with E-state index >= 15 is 0 Å². The Hall–Kier alpha value is -1.87. The molecule has 0 saturated carbocycles. The van der Waals surface area contributed by atoms with E-state index in [0.29, 0.717) is 0 Å². The van der Waals surface area contributed by atoms with Crippen molar-refractivity contribution >= 4 is 27.8 Å². The SMILES string of the molecule is Cc1ncsc1C(C)Nc1ccc2ccccc2c1. The summed E-state index contributed by atoms with van der Waals surface area (Å²) < 4.78 is 0. The average molecular weight is 268 g/mol. The minimum absolute atomic E-state index is 0.286. The van der Waals surface area contributed by atoms with Gasteiger partial charge in [0.15, 0.2) is 0 Å². The van der Waals surface area contributed by atoms with E-state index in [1.165, 1.54) is 15.6 Å². The van der Waals surface area contributed by atoms with Gasteiger partial charge in [-0.15, -0.1) is 11.3 Å². The number of aromatic nitrogens is 1. The Labute approximate surface area is 117 Å². The molecule has 1 atom stereocenters. The summed E-state index contributed by atoms with van der Waals surface area (Å²) in [5.41, 5.74) is 4.17. The zero-order chi connectivity index (χ0) is 13.2. The zero-order valence-electron chi connectivity index (χ0n) is 11.1. The van der Waals surface area contributed by atoms with Crippen LogP contribution in [-0.2, 0) is 0 Å². The third-order valence-corrected chi connectivity index (χ3v) is 4.42. The maximum absolute atomic E-state index is 4.31. The summed E-state index contributed by atoms with van der Waals surface area (Å²) >= 11 is 1.71. The third-order valence-electron chi connectivity index (χ3n) is 3.31. The molecular weight excluding hydrogens is 252 g/mol. The first-order valence-electron chi connectivity index (χ1n) is 6.39. The summed E-state index contributed by atoms with van der Waals surface area (Å²) in [7, 11) is 0. The molecule has 0 spiro atoms. The molecule has 0 amide bonds. The second-order valence-corrected chi connectivity index (χ2v) is 5.62. The highest BCUT2D eigenvalue weighted by Gasteiger charge is 2.10. The van der Waals surface area contributed by atoms with Crippen molar-refractivity contribution in [3.05, 3.63) is 58.5 Å². The number of nitrogens with zero attached hydrogens (tertiary/aromatic N) is 1. The first-order chi connectivity index (χ1) is 9.24. The van der Waals surface area contributed by atoms with Crippen LogP contribution in [0.3, 0.4) is 0 Å². The molecule has 0 radical (unpaired) electrons. The predicted octanol–water partition coefficient (Wildman–Crippen LogP) is 4.78. The monoisotopic (exact) mass is 268 g/mol. The van der Waals surface area contributed by atoms with Crippen LogP contribution in [0.2, 0.25) is 0 Å². The zero-order valence-corrected chi connectivity index (χ0v) is 11.9. The van der Waals surface area contributed by atoms with Gasteiger partial charge in [-0.05, 0) is 36.8 Å². The molecule has 2 nitrogen and oxygen atoms in total. The molecule has 19 heavy (non-hydrogen) atoms. The average Bonchev–Trinajstić information content (AvgIpc) is 2.85. The maximum atomic E-state index is 4.31. The Morgan fingerprint density at radius 2 is 1.89 bits per heavy atom. The fourth-order valence-electron chi connectivity index (χ4n) is 2.32. The van der Waals surface area contributed by atoms with Gasteiger partial charge in [0.25, 0.3) is 0 Å². The first kappa shape index (κ1) is 12.2. The molecule has 1 heterocycles. The van der Waals surface area contributed by atoms with E-state index in [9.17, 15) is 0 Å². The smallest absolute Gasteiger partial charge is 0.0798 e. The van der Waals surface area contributed by atoms with Crippen molar-refractivity contribution in [2.75, 3.05) is 5.32 Å². The quantitative estimate of drug-likeness (QED) is 0.739. The van der Waals surface area contributed by atoms with Gasteiger partial charge in [0, 0.05) is 10.6 Å². The molecule has 2 aromatic carbocycles. The van der Waals surface area contributed by atoms with Gasteiger partial charge >= 0.3 is 0 Å². The maximum Gasteiger partial charge on any atom is 0.0798 e. The van der Waals surface area contributed by atoms with Gasteiger partial charge in [0.05, 0.1) is 17.2 Å². The fraction of sp³-hybridized carbons (Fsp3) is 0.188. The highest BCUT2D eigenvalue weighted by atomic mass is 32.1. The first-order valence-corrected chi connectivity index (χ1v) is 7.27. The minimum atomic E-state index is 0.286. The summed E-state index contributed by atoms with van der Waals surface area (Å²) in [5, 5.41) is 6.09. The van der Waals surface area contributed by atoms with Crippen LogP contribution in [0.4, 0.5) is 5.69 Å². The van der Waals surface area contributed by atoms with Crippen LogP contribution in [0.5, 0.6) is 0 Å². The molecule has 3 heteroatoms. The number of rotatable bonds is 3. The molecule has 3 rings (SSSR count). The van der Waals surface area contributed by atoms with Gasteiger partial charge in [-0.1, -0.05) is 30.3 Å². The molecule has 96 valence electrons. The van der Waals surface area contributed by atoms with Crippen LogP contribution in [0.25, 0.3) is 10.8 Å². The van der Waals surface area contributed by atoms with Crippen molar-refractivity contribution in [2.24, 2.45) is 0 Å². The van der Waals surface area contributed by atoms with E-state index in [0.717, 1.165) is 11.4 Å². The fourth-order valence-corrected chi connectivity index (χ4v) is 3.13. The molecular formula is C16H16N2S. The third kappa shape index (κ3) is 2.47. The molecule has 1 unspecified atom stereocenters. The summed E-state index contributed by atoms with van der Waals surface area (Å²) in [6.45, 7) is 4.24. The summed E-state index contributed by atoms with van der Waals surface area (Å²) in [6, 6.07) is 15.2. The normalized spacial score (nSPS) is 12.5. The van der Waals surface area contributed by atoms with Gasteiger partial charge in [-0.3, -0.25) is 0 Å². The number of thiazole rings is 1. The topological polar surface area (TPSA) is 24.9 Å². The van der Waals surface area contributed by atoms with Crippen molar-refractivity contribution in [3.8, 4) is 0 Å². The van der Waals surface area contributed by atoms with Crippen molar-refractivity contribution in [3.63, 3.8) is 0 Å². The lowest BCUT2D eigenvalue weighted by Crippen LogP contribution is -2.06. The van der Waals surface area contributed by atoms with E-state index in [2.05, 4.69) is 66.6 Å². The molecule has 0 bridgehead atoms. The lowest BCUT2D eigenvalue weighted by molar-refractivity contribution is 0.891. The van der Waals surface area contributed by atoms with Crippen molar-refractivity contribution in [1.29, 1.82) is 0 Å². The van der Waals surface area contributed by atoms with Crippen LogP contribution >= 0.6 is 11.3 Å². The Kier molecular flexibility index (Phi) is 3.22. The number of anilines is 1. The van der Waals surface area contributed by atoms with Gasteiger partial charge in [-0.2, -0.15) is 0 Å². The van der Waals surface area contributed by atoms with Crippen molar-refractivity contribution < 1.29 is 0 Å². The lowest BCUT2D eigenvalue weighted by atomic mass is 10.1. The van der Waals surface area contributed by atoms with Crippen LogP contribution in [0.15, 0.2) is 48.0 Å². The largest absolute Gasteiger partial charge is 0.378 e. The van der Waals surface area contributed by atoms with E-state index < -0.39 is 0 Å². The van der Waals surface area contributed by atoms with E-state index in [4.69, 9.17) is 0 Å². The van der Waals surface area contributed by atoms with E-state index in [-0.39, 0.29) is 6.04 Å². The van der Waals surface area contributed by atoms with E-state index in [1.54, 1.807) is 11.3 Å². The highest BCUT2D eigenvalue weighted by molar-refractivity contribution is 7.09. The number of hydrogen-bond donors (Lipinski definition) is 1. The van der Waals surface area contributed by atoms with Gasteiger partial charge in [0.1, 0.15) is 0 Å². The molecule has 1 N–H and O–H groups in total. The van der Waals surface area contributed by atoms with Crippen molar-refractivity contribution in [2.45, 2.75) is 19.9 Å². The van der Waals surface area contributed by atoms with Crippen LogP contribution in [0, 0.1) is 6.92 Å². The standard InChI is InChI=1S/C16H16N2S/c1-11-16(19-10-17-11)12(2)18-15-8-7-13-5-3-4-6-14(13)9-15/h3-10,12,18H,1-2H3. The molecule has 0 aliphatic rings. The predicted molar refractivity (Wildman–Crippen MR) is 82.8 cm³/mol. The van der Waals surface area contributed by atoms with Crippen molar-refractivity contribution in [1.82, 2.24) is 4.98 Å².